The summed E-state index contributed by atoms with van der Waals surface area (Å²) in [7, 11) is 2.55. The van der Waals surface area contributed by atoms with Crippen molar-refractivity contribution in [2.75, 3.05) is 14.2 Å². The molecule has 0 spiro atoms. The van der Waals surface area contributed by atoms with Gasteiger partial charge in [-0.25, -0.2) is 14.7 Å². The lowest BCUT2D eigenvalue weighted by Gasteiger charge is -2.21. The Kier molecular flexibility index (Phi) is 9.34. The Hall–Kier alpha value is -4.73. The van der Waals surface area contributed by atoms with E-state index in [9.17, 15) is 19.2 Å². The van der Waals surface area contributed by atoms with E-state index in [1.54, 1.807) is 18.2 Å². The summed E-state index contributed by atoms with van der Waals surface area (Å²) in [5, 5.41) is 14.3. The first-order chi connectivity index (χ1) is 19.7. The second-order valence-electron chi connectivity index (χ2n) is 9.87. The van der Waals surface area contributed by atoms with Crippen LogP contribution in [0, 0.1) is 0 Å². The van der Waals surface area contributed by atoms with Crippen LogP contribution in [0.25, 0.3) is 21.8 Å². The highest BCUT2D eigenvalue weighted by Crippen LogP contribution is 2.28. The Morgan fingerprint density at radius 1 is 1.05 bits per heavy atom. The number of fused-ring (bicyclic) bond motifs is 2. The minimum absolute atomic E-state index is 0.158. The van der Waals surface area contributed by atoms with E-state index >= 15 is 0 Å². The summed E-state index contributed by atoms with van der Waals surface area (Å²) in [5.41, 5.74) is 2.61. The molecule has 0 aliphatic rings. The van der Waals surface area contributed by atoms with Crippen LogP contribution in [0.15, 0.2) is 60.7 Å². The summed E-state index contributed by atoms with van der Waals surface area (Å²) < 4.78 is 6.72. The number of aliphatic carboxylic acids is 1. The van der Waals surface area contributed by atoms with Crippen LogP contribution >= 0.6 is 0 Å². The molecule has 0 bridgehead atoms. The first-order valence-electron chi connectivity index (χ1n) is 13.6. The molecule has 10 nitrogen and oxygen atoms in total. The summed E-state index contributed by atoms with van der Waals surface area (Å²) in [6.07, 6.45) is 1.000. The molecule has 4 rings (SSSR count). The number of nitrogens with zero attached hydrogens (tertiary/aromatic N) is 3. The molecule has 0 fully saturated rings. The van der Waals surface area contributed by atoms with Gasteiger partial charge in [0.05, 0.1) is 30.6 Å². The van der Waals surface area contributed by atoms with E-state index < -0.39 is 24.0 Å². The maximum Gasteiger partial charge on any atom is 0.416 e. The quantitative estimate of drug-likeness (QED) is 0.262. The third kappa shape index (κ3) is 6.71. The van der Waals surface area contributed by atoms with Crippen molar-refractivity contribution in [2.45, 2.75) is 51.6 Å². The SMILES string of the molecule is CCCCn1c(C(Cc2cccc3ccccc23)NC(=O)CCC(=O)O)nc2cc(C(=O)N(C)C(=O)OC)ccc21. The number of hydrogen-bond acceptors (Lipinski definition) is 6. The molecule has 0 aliphatic carbocycles. The standard InChI is InChI=1S/C31H34N4O6/c1-4-5-17-35-26-14-13-22(30(39)34(2)31(40)41-3)19-24(26)33-29(35)25(32-27(36)15-16-28(37)38)18-21-11-8-10-20-9-6-7-12-23(20)21/h6-14,19,25H,4-5,15-18H2,1-3H3,(H,32,36)(H,37,38). The largest absolute Gasteiger partial charge is 0.481 e. The second-order valence-corrected chi connectivity index (χ2v) is 9.87. The van der Waals surface area contributed by atoms with Gasteiger partial charge in [0.25, 0.3) is 5.91 Å². The first kappa shape index (κ1) is 29.3. The Balaban J connectivity index is 1.80. The number of hydrogen-bond donors (Lipinski definition) is 2. The summed E-state index contributed by atoms with van der Waals surface area (Å²) in [4.78, 5) is 54.7. The molecular formula is C31H34N4O6. The summed E-state index contributed by atoms with van der Waals surface area (Å²) in [6, 6.07) is 18.5. The fourth-order valence-electron chi connectivity index (χ4n) is 4.90. The topological polar surface area (TPSA) is 131 Å². The van der Waals surface area contributed by atoms with E-state index in [4.69, 9.17) is 10.1 Å². The average Bonchev–Trinajstić information content (AvgIpc) is 3.35. The minimum atomic E-state index is -1.05. The molecule has 0 aliphatic heterocycles. The summed E-state index contributed by atoms with van der Waals surface area (Å²) in [6.45, 7) is 2.72. The number of carbonyl (C=O) groups is 4. The van der Waals surface area contributed by atoms with Gasteiger partial charge in [-0.05, 0) is 41.0 Å². The predicted octanol–water partition coefficient (Wildman–Crippen LogP) is 5.09. The number of carboxylic acids is 1. The zero-order valence-electron chi connectivity index (χ0n) is 23.4. The zero-order chi connectivity index (χ0) is 29.5. The van der Waals surface area contributed by atoms with Gasteiger partial charge in [0.15, 0.2) is 0 Å². The molecule has 0 radical (unpaired) electrons. The molecule has 4 aromatic rings. The smallest absolute Gasteiger partial charge is 0.416 e. The van der Waals surface area contributed by atoms with Crippen LogP contribution in [0.2, 0.25) is 0 Å². The third-order valence-electron chi connectivity index (χ3n) is 7.03. The zero-order valence-corrected chi connectivity index (χ0v) is 23.4. The number of rotatable bonds is 11. The molecule has 1 aromatic heterocycles. The molecule has 10 heteroatoms. The number of unbranched alkanes of at least 4 members (excludes halogenated alkanes) is 1. The van der Waals surface area contributed by atoms with Gasteiger partial charge in [0, 0.05) is 32.0 Å². The molecule has 1 heterocycles. The van der Waals surface area contributed by atoms with Crippen molar-refractivity contribution in [3.05, 3.63) is 77.6 Å². The van der Waals surface area contributed by atoms with Crippen LogP contribution < -0.4 is 5.32 Å². The maximum absolute atomic E-state index is 12.9. The number of methoxy groups -OCH3 is 1. The van der Waals surface area contributed by atoms with Crippen molar-refractivity contribution in [3.8, 4) is 0 Å². The van der Waals surface area contributed by atoms with Crippen LogP contribution in [0.1, 0.15) is 60.4 Å². The van der Waals surface area contributed by atoms with Crippen LogP contribution in [0.3, 0.4) is 0 Å². The fraction of sp³-hybridized carbons (Fsp3) is 0.323. The van der Waals surface area contributed by atoms with Crippen molar-refractivity contribution < 1.29 is 29.0 Å². The molecule has 1 unspecified atom stereocenters. The average molecular weight is 559 g/mol. The van der Waals surface area contributed by atoms with E-state index in [0.717, 1.165) is 39.6 Å². The number of imidazole rings is 1. The molecule has 0 saturated carbocycles. The lowest BCUT2D eigenvalue weighted by atomic mass is 9.98. The minimum Gasteiger partial charge on any atom is -0.481 e. The number of benzene rings is 3. The lowest BCUT2D eigenvalue weighted by Crippen LogP contribution is -2.32. The van der Waals surface area contributed by atoms with Gasteiger partial charge in [0.1, 0.15) is 5.82 Å². The Bertz CT molecular complexity index is 1590. The van der Waals surface area contributed by atoms with Crippen molar-refractivity contribution in [3.63, 3.8) is 0 Å². The normalized spacial score (nSPS) is 11.8. The first-order valence-corrected chi connectivity index (χ1v) is 13.6. The number of ether oxygens (including phenoxy) is 1. The predicted molar refractivity (Wildman–Crippen MR) is 155 cm³/mol. The van der Waals surface area contributed by atoms with Gasteiger partial charge in [-0.3, -0.25) is 14.4 Å². The van der Waals surface area contributed by atoms with E-state index in [1.165, 1.54) is 14.2 Å². The van der Waals surface area contributed by atoms with Crippen LogP contribution in [0.4, 0.5) is 4.79 Å². The number of nitrogens with one attached hydrogen (secondary N) is 1. The third-order valence-corrected chi connectivity index (χ3v) is 7.03. The number of carbonyl (C=O) groups excluding carboxylic acids is 3. The number of amides is 3. The van der Waals surface area contributed by atoms with Gasteiger partial charge < -0.3 is 19.7 Å². The van der Waals surface area contributed by atoms with Gasteiger partial charge >= 0.3 is 12.1 Å². The van der Waals surface area contributed by atoms with E-state index in [2.05, 4.69) is 17.0 Å². The van der Waals surface area contributed by atoms with Crippen LogP contribution in [-0.2, 0) is 27.3 Å². The van der Waals surface area contributed by atoms with Gasteiger partial charge in [-0.15, -0.1) is 0 Å². The van der Waals surface area contributed by atoms with Crippen molar-refractivity contribution >= 4 is 45.7 Å². The van der Waals surface area contributed by atoms with Crippen molar-refractivity contribution in [1.29, 1.82) is 0 Å². The maximum atomic E-state index is 12.9. The molecule has 1 atom stereocenters. The Labute approximate surface area is 237 Å². The van der Waals surface area contributed by atoms with E-state index in [1.807, 2.05) is 47.0 Å². The number of carboxylic acid groups (broad SMARTS) is 1. The van der Waals surface area contributed by atoms with Crippen molar-refractivity contribution in [1.82, 2.24) is 19.8 Å². The molecule has 0 saturated heterocycles. The highest BCUT2D eigenvalue weighted by Gasteiger charge is 2.25. The molecule has 3 aromatic carbocycles. The lowest BCUT2D eigenvalue weighted by molar-refractivity contribution is -0.138. The molecular weight excluding hydrogens is 524 g/mol. The highest BCUT2D eigenvalue weighted by molar-refractivity contribution is 6.04. The van der Waals surface area contributed by atoms with Gasteiger partial charge in [0.2, 0.25) is 5.91 Å². The molecule has 214 valence electrons. The molecule has 2 N–H and O–H groups in total. The number of aromatic nitrogens is 2. The summed E-state index contributed by atoms with van der Waals surface area (Å²) >= 11 is 0. The van der Waals surface area contributed by atoms with Gasteiger partial charge in [-0.2, -0.15) is 0 Å². The second kappa shape index (κ2) is 13.1. The Morgan fingerprint density at radius 3 is 2.54 bits per heavy atom. The molecule has 3 amide bonds. The Morgan fingerprint density at radius 2 is 1.80 bits per heavy atom. The number of aryl methyl sites for hydroxylation is 1. The highest BCUT2D eigenvalue weighted by atomic mass is 16.5. The summed E-state index contributed by atoms with van der Waals surface area (Å²) in [5.74, 6) is -1.36. The van der Waals surface area contributed by atoms with Crippen LogP contribution in [-0.4, -0.2) is 57.6 Å². The molecule has 41 heavy (non-hydrogen) atoms. The monoisotopic (exact) mass is 558 g/mol. The fourth-order valence-corrected chi connectivity index (χ4v) is 4.90. The van der Waals surface area contributed by atoms with E-state index in [-0.39, 0.29) is 24.3 Å². The number of imide groups is 1. The van der Waals surface area contributed by atoms with Gasteiger partial charge in [-0.1, -0.05) is 55.8 Å². The van der Waals surface area contributed by atoms with Crippen molar-refractivity contribution in [2.24, 2.45) is 0 Å². The van der Waals surface area contributed by atoms with E-state index in [0.29, 0.717) is 24.3 Å². The van der Waals surface area contributed by atoms with Crippen LogP contribution in [0.5, 0.6) is 0 Å².